The Labute approximate surface area is 247 Å². The van der Waals surface area contributed by atoms with Gasteiger partial charge in [0.2, 0.25) is 0 Å². The molecule has 3 aliphatic carbocycles. The summed E-state index contributed by atoms with van der Waals surface area (Å²) in [6.45, 7) is 9.79. The molecule has 0 spiro atoms. The van der Waals surface area contributed by atoms with Crippen molar-refractivity contribution in [3.8, 4) is 0 Å². The first-order chi connectivity index (χ1) is 19.8. The highest BCUT2D eigenvalue weighted by atomic mass is 16.6. The van der Waals surface area contributed by atoms with Crippen LogP contribution in [0.1, 0.15) is 65.2 Å². The molecule has 1 saturated carbocycles. The second-order valence-electron chi connectivity index (χ2n) is 12.1. The van der Waals surface area contributed by atoms with Gasteiger partial charge in [0.1, 0.15) is 12.2 Å². The highest BCUT2D eigenvalue weighted by Crippen LogP contribution is 2.46. The van der Waals surface area contributed by atoms with E-state index in [-0.39, 0.29) is 42.4 Å². The molecule has 0 saturated heterocycles. The lowest BCUT2D eigenvalue weighted by Crippen LogP contribution is -2.36. The lowest BCUT2D eigenvalue weighted by molar-refractivity contribution is -0.157. The van der Waals surface area contributed by atoms with E-state index in [9.17, 15) is 10.2 Å². The van der Waals surface area contributed by atoms with E-state index in [4.69, 9.17) is 28.4 Å². The van der Waals surface area contributed by atoms with Gasteiger partial charge in [-0.05, 0) is 68.8 Å². The van der Waals surface area contributed by atoms with Crippen LogP contribution >= 0.6 is 0 Å². The van der Waals surface area contributed by atoms with Crippen molar-refractivity contribution in [2.45, 2.75) is 102 Å². The van der Waals surface area contributed by atoms with Gasteiger partial charge in [-0.2, -0.15) is 0 Å². The van der Waals surface area contributed by atoms with Gasteiger partial charge in [-0.15, -0.1) is 0 Å². The average Bonchev–Trinajstić information content (AvgIpc) is 3.01. The molecule has 0 aromatic rings. The van der Waals surface area contributed by atoms with Crippen LogP contribution in [-0.4, -0.2) is 87.9 Å². The zero-order valence-electron chi connectivity index (χ0n) is 25.6. The van der Waals surface area contributed by atoms with Crippen LogP contribution in [0.5, 0.6) is 0 Å². The molecule has 0 aliphatic heterocycles. The third kappa shape index (κ3) is 11.0. The van der Waals surface area contributed by atoms with Gasteiger partial charge in [0.15, 0.2) is 12.6 Å². The number of hydrogen-bond donors (Lipinski definition) is 2. The molecule has 0 aromatic heterocycles. The van der Waals surface area contributed by atoms with Crippen LogP contribution in [0.3, 0.4) is 0 Å². The Kier molecular flexibility index (Phi) is 14.7. The minimum absolute atomic E-state index is 0.0128. The lowest BCUT2D eigenvalue weighted by Gasteiger charge is -2.42. The molecule has 0 heterocycles. The van der Waals surface area contributed by atoms with Crippen LogP contribution in [0.25, 0.3) is 0 Å². The van der Waals surface area contributed by atoms with Crippen molar-refractivity contribution in [2.75, 3.05) is 40.6 Å². The smallest absolute Gasteiger partial charge is 0.173 e. The Morgan fingerprint density at radius 2 is 1.54 bits per heavy atom. The van der Waals surface area contributed by atoms with E-state index in [1.54, 1.807) is 19.8 Å². The second kappa shape index (κ2) is 17.7. The topological polar surface area (TPSA) is 95.8 Å². The molecule has 0 bridgehead atoms. The first kappa shape index (κ1) is 34.1. The minimum atomic E-state index is -0.986. The zero-order chi connectivity index (χ0) is 29.7. The molecule has 8 heteroatoms. The minimum Gasteiger partial charge on any atom is -0.377 e. The summed E-state index contributed by atoms with van der Waals surface area (Å²) >= 11 is 0. The summed E-state index contributed by atoms with van der Waals surface area (Å²) in [6.07, 6.45) is 18.0. The summed E-state index contributed by atoms with van der Waals surface area (Å²) < 4.78 is 34.3. The van der Waals surface area contributed by atoms with Crippen LogP contribution in [0.2, 0.25) is 0 Å². The quantitative estimate of drug-likeness (QED) is 0.171. The second-order valence-corrected chi connectivity index (χ2v) is 12.1. The maximum Gasteiger partial charge on any atom is 0.173 e. The predicted octanol–water partition coefficient (Wildman–Crippen LogP) is 5.10. The molecule has 6 unspecified atom stereocenters. The Bertz CT molecular complexity index is 844. The molecule has 3 rings (SSSR count). The van der Waals surface area contributed by atoms with Gasteiger partial charge in [0, 0.05) is 20.1 Å². The standard InChI is InChI=1S/C33H54O8/c1-6-31(34)40-22-29(36-4)20-38-27-16-12-25(13-17-27)33(2,3)26-14-18-28(19-15-26)39-21-30(37-5)23-41-32(35)24-10-8-7-9-11-24/h6-10,12,24,26-32,34-35H,1,11,13-23H2,2-5H3. The van der Waals surface area contributed by atoms with Crippen LogP contribution in [0.4, 0.5) is 0 Å². The number of rotatable bonds is 18. The largest absolute Gasteiger partial charge is 0.377 e. The molecular formula is C33H54O8. The van der Waals surface area contributed by atoms with E-state index in [0.717, 1.165) is 51.4 Å². The Balaban J connectivity index is 1.35. The lowest BCUT2D eigenvalue weighted by atomic mass is 9.64. The molecule has 3 aliphatic rings. The summed E-state index contributed by atoms with van der Waals surface area (Å²) in [5.41, 5.74) is 1.70. The Hall–Kier alpha value is -1.36. The SMILES string of the molecule is C=CC(O)OCC(COC1CC=C(C(C)(C)C2CCC(OCC(COC(O)C3C=CC=CC3)OC)CC2)CC1)OC. The van der Waals surface area contributed by atoms with Gasteiger partial charge in [0.05, 0.1) is 38.6 Å². The van der Waals surface area contributed by atoms with Crippen molar-refractivity contribution in [3.05, 3.63) is 48.6 Å². The molecule has 0 amide bonds. The van der Waals surface area contributed by atoms with Gasteiger partial charge in [-0.3, -0.25) is 0 Å². The monoisotopic (exact) mass is 578 g/mol. The number of ether oxygens (including phenoxy) is 6. The van der Waals surface area contributed by atoms with E-state index in [1.165, 1.54) is 6.08 Å². The fourth-order valence-corrected chi connectivity index (χ4v) is 6.03. The molecule has 8 nitrogen and oxygen atoms in total. The number of methoxy groups -OCH3 is 2. The van der Waals surface area contributed by atoms with Crippen LogP contribution < -0.4 is 0 Å². The molecule has 2 N–H and O–H groups in total. The van der Waals surface area contributed by atoms with E-state index in [2.05, 4.69) is 26.5 Å². The van der Waals surface area contributed by atoms with E-state index >= 15 is 0 Å². The van der Waals surface area contributed by atoms with Gasteiger partial charge in [0.25, 0.3) is 0 Å². The van der Waals surface area contributed by atoms with Crippen molar-refractivity contribution in [1.29, 1.82) is 0 Å². The summed E-state index contributed by atoms with van der Waals surface area (Å²) in [5.74, 6) is 0.618. The molecule has 6 atom stereocenters. The maximum atomic E-state index is 10.3. The number of allylic oxidation sites excluding steroid dienone is 4. The Morgan fingerprint density at radius 3 is 2.10 bits per heavy atom. The highest BCUT2D eigenvalue weighted by Gasteiger charge is 2.37. The molecule has 0 aromatic carbocycles. The van der Waals surface area contributed by atoms with E-state index in [0.29, 0.717) is 25.7 Å². The van der Waals surface area contributed by atoms with E-state index < -0.39 is 12.6 Å². The fourth-order valence-electron chi connectivity index (χ4n) is 6.03. The molecular weight excluding hydrogens is 524 g/mol. The maximum absolute atomic E-state index is 10.3. The summed E-state index contributed by atoms with van der Waals surface area (Å²) in [7, 11) is 3.30. The first-order valence-electron chi connectivity index (χ1n) is 15.3. The normalized spacial score (nSPS) is 28.1. The molecule has 234 valence electrons. The van der Waals surface area contributed by atoms with Gasteiger partial charge in [-0.1, -0.05) is 56.4 Å². The van der Waals surface area contributed by atoms with Crippen molar-refractivity contribution < 1.29 is 38.6 Å². The number of aliphatic hydroxyl groups is 2. The Morgan fingerprint density at radius 1 is 0.878 bits per heavy atom. The summed E-state index contributed by atoms with van der Waals surface area (Å²) in [5, 5.41) is 19.8. The predicted molar refractivity (Wildman–Crippen MR) is 159 cm³/mol. The third-order valence-electron chi connectivity index (χ3n) is 9.07. The van der Waals surface area contributed by atoms with Gasteiger partial charge in [-0.25, -0.2) is 0 Å². The number of aliphatic hydroxyl groups excluding tert-OH is 2. The number of hydrogen-bond acceptors (Lipinski definition) is 8. The van der Waals surface area contributed by atoms with Crippen molar-refractivity contribution in [2.24, 2.45) is 17.3 Å². The molecule has 0 radical (unpaired) electrons. The van der Waals surface area contributed by atoms with Crippen molar-refractivity contribution in [1.82, 2.24) is 0 Å². The summed E-state index contributed by atoms with van der Waals surface area (Å²) in [4.78, 5) is 0. The van der Waals surface area contributed by atoms with Gasteiger partial charge >= 0.3 is 0 Å². The first-order valence-corrected chi connectivity index (χ1v) is 15.3. The van der Waals surface area contributed by atoms with Gasteiger partial charge < -0.3 is 38.6 Å². The molecule has 1 fully saturated rings. The average molecular weight is 579 g/mol. The highest BCUT2D eigenvalue weighted by molar-refractivity contribution is 5.17. The van der Waals surface area contributed by atoms with Crippen molar-refractivity contribution in [3.63, 3.8) is 0 Å². The third-order valence-corrected chi connectivity index (χ3v) is 9.07. The van der Waals surface area contributed by atoms with Crippen LogP contribution in [0.15, 0.2) is 48.6 Å². The fraction of sp³-hybridized carbons (Fsp3) is 0.758. The zero-order valence-corrected chi connectivity index (χ0v) is 25.6. The molecule has 41 heavy (non-hydrogen) atoms. The van der Waals surface area contributed by atoms with Crippen molar-refractivity contribution >= 4 is 0 Å². The van der Waals surface area contributed by atoms with E-state index in [1.807, 2.05) is 24.3 Å². The van der Waals surface area contributed by atoms with Crippen LogP contribution in [-0.2, 0) is 28.4 Å². The van der Waals surface area contributed by atoms with Crippen LogP contribution in [0, 0.1) is 17.3 Å². The summed E-state index contributed by atoms with van der Waals surface area (Å²) in [6, 6.07) is 0.